The molecule has 0 aliphatic heterocycles. The lowest BCUT2D eigenvalue weighted by atomic mass is 10.0. The van der Waals surface area contributed by atoms with Crippen molar-refractivity contribution in [1.82, 2.24) is 9.88 Å². The number of rotatable bonds is 6. The third-order valence-corrected chi connectivity index (χ3v) is 3.65. The molecule has 0 atom stereocenters. The minimum absolute atomic E-state index is 0.184. The van der Waals surface area contributed by atoms with Crippen LogP contribution in [0.3, 0.4) is 0 Å². The summed E-state index contributed by atoms with van der Waals surface area (Å²) in [6.45, 7) is 8.19. The normalized spacial score (nSPS) is 10.9. The van der Waals surface area contributed by atoms with Gasteiger partial charge in [-0.25, -0.2) is 0 Å². The van der Waals surface area contributed by atoms with Gasteiger partial charge in [-0.2, -0.15) is 0 Å². The highest BCUT2D eigenvalue weighted by atomic mass is 16.1. The van der Waals surface area contributed by atoms with Gasteiger partial charge in [0.15, 0.2) is 5.78 Å². The van der Waals surface area contributed by atoms with Crippen LogP contribution in [0, 0.1) is 13.8 Å². The highest BCUT2D eigenvalue weighted by Gasteiger charge is 2.13. The number of nitrogens with zero attached hydrogens (tertiary/aromatic N) is 2. The van der Waals surface area contributed by atoms with Gasteiger partial charge < -0.3 is 0 Å². The van der Waals surface area contributed by atoms with Gasteiger partial charge in [-0.1, -0.05) is 30.7 Å². The standard InChI is InChI=1S/C18H22N2O/c1-4-20(12-16-7-9-19-10-8-16)13-18(21)17-6-5-14(2)11-15(17)3/h5-11H,4,12-13H2,1-3H3. The topological polar surface area (TPSA) is 33.2 Å². The van der Waals surface area contributed by atoms with Crippen LogP contribution in [0.15, 0.2) is 42.7 Å². The van der Waals surface area contributed by atoms with Crippen molar-refractivity contribution in [1.29, 1.82) is 0 Å². The molecular weight excluding hydrogens is 260 g/mol. The van der Waals surface area contributed by atoms with Crippen LogP contribution in [-0.2, 0) is 6.54 Å². The Balaban J connectivity index is 2.06. The summed E-state index contributed by atoms with van der Waals surface area (Å²) in [7, 11) is 0. The first-order valence-corrected chi connectivity index (χ1v) is 7.32. The number of carbonyl (C=O) groups is 1. The van der Waals surface area contributed by atoms with Crippen molar-refractivity contribution < 1.29 is 4.79 Å². The van der Waals surface area contributed by atoms with E-state index in [1.165, 1.54) is 11.1 Å². The molecule has 0 amide bonds. The van der Waals surface area contributed by atoms with Gasteiger partial charge in [0.05, 0.1) is 6.54 Å². The molecule has 0 N–H and O–H groups in total. The number of aryl methyl sites for hydroxylation is 2. The van der Waals surface area contributed by atoms with E-state index >= 15 is 0 Å². The molecule has 3 nitrogen and oxygen atoms in total. The Labute approximate surface area is 126 Å². The molecular formula is C18H22N2O. The van der Waals surface area contributed by atoms with E-state index in [2.05, 4.69) is 22.9 Å². The van der Waals surface area contributed by atoms with Crippen LogP contribution in [0.2, 0.25) is 0 Å². The van der Waals surface area contributed by atoms with Gasteiger partial charge in [0, 0.05) is 24.5 Å². The average molecular weight is 282 g/mol. The smallest absolute Gasteiger partial charge is 0.177 e. The molecule has 0 spiro atoms. The summed E-state index contributed by atoms with van der Waals surface area (Å²) in [4.78, 5) is 18.7. The number of Topliss-reactive ketones (excluding diaryl/α,β-unsaturated/α-hetero) is 1. The highest BCUT2D eigenvalue weighted by molar-refractivity contribution is 5.98. The number of hydrogen-bond donors (Lipinski definition) is 0. The molecule has 1 aromatic carbocycles. The van der Waals surface area contributed by atoms with Gasteiger partial charge in [0.2, 0.25) is 0 Å². The molecule has 3 heteroatoms. The molecule has 1 heterocycles. The Morgan fingerprint density at radius 1 is 1.14 bits per heavy atom. The maximum Gasteiger partial charge on any atom is 0.177 e. The summed E-state index contributed by atoms with van der Waals surface area (Å²) in [6, 6.07) is 9.98. The third-order valence-electron chi connectivity index (χ3n) is 3.65. The monoisotopic (exact) mass is 282 g/mol. The van der Waals surface area contributed by atoms with Crippen molar-refractivity contribution in [2.75, 3.05) is 13.1 Å². The van der Waals surface area contributed by atoms with Gasteiger partial charge in [-0.05, 0) is 43.7 Å². The predicted octanol–water partition coefficient (Wildman–Crippen LogP) is 3.40. The summed E-state index contributed by atoms with van der Waals surface area (Å²) in [5, 5.41) is 0. The van der Waals surface area contributed by atoms with Crippen molar-refractivity contribution in [3.05, 3.63) is 65.0 Å². The van der Waals surface area contributed by atoms with Crippen molar-refractivity contribution >= 4 is 5.78 Å². The van der Waals surface area contributed by atoms with Gasteiger partial charge in [0.1, 0.15) is 0 Å². The Morgan fingerprint density at radius 2 is 1.86 bits per heavy atom. The number of hydrogen-bond acceptors (Lipinski definition) is 3. The Bertz CT molecular complexity index is 608. The van der Waals surface area contributed by atoms with Crippen LogP contribution in [0.25, 0.3) is 0 Å². The van der Waals surface area contributed by atoms with E-state index in [0.29, 0.717) is 6.54 Å². The van der Waals surface area contributed by atoms with Crippen molar-refractivity contribution in [2.45, 2.75) is 27.3 Å². The first kappa shape index (κ1) is 15.4. The Hall–Kier alpha value is -2.00. The number of aromatic nitrogens is 1. The van der Waals surface area contributed by atoms with Crippen molar-refractivity contribution in [3.63, 3.8) is 0 Å². The summed E-state index contributed by atoms with van der Waals surface area (Å²) in [6.07, 6.45) is 3.57. The molecule has 0 unspecified atom stereocenters. The second-order valence-electron chi connectivity index (χ2n) is 5.40. The van der Waals surface area contributed by atoms with E-state index < -0.39 is 0 Å². The van der Waals surface area contributed by atoms with Crippen LogP contribution >= 0.6 is 0 Å². The third kappa shape index (κ3) is 4.23. The van der Waals surface area contributed by atoms with Crippen molar-refractivity contribution in [2.24, 2.45) is 0 Å². The first-order chi connectivity index (χ1) is 10.1. The van der Waals surface area contributed by atoms with Gasteiger partial charge in [-0.3, -0.25) is 14.7 Å². The quantitative estimate of drug-likeness (QED) is 0.761. The molecule has 0 aliphatic carbocycles. The number of carbonyl (C=O) groups excluding carboxylic acids is 1. The lowest BCUT2D eigenvalue weighted by molar-refractivity contribution is 0.0929. The Kier molecular flexibility index (Phi) is 5.23. The van der Waals surface area contributed by atoms with Gasteiger partial charge >= 0.3 is 0 Å². The number of likely N-dealkylation sites (N-methyl/N-ethyl adjacent to an activating group) is 1. The summed E-state index contributed by atoms with van der Waals surface area (Å²) in [5.41, 5.74) is 4.25. The minimum atomic E-state index is 0.184. The molecule has 0 saturated carbocycles. The predicted molar refractivity (Wildman–Crippen MR) is 85.4 cm³/mol. The maximum atomic E-state index is 12.5. The molecule has 110 valence electrons. The summed E-state index contributed by atoms with van der Waals surface area (Å²) in [5.74, 6) is 0.184. The van der Waals surface area contributed by atoms with Crippen LogP contribution in [0.1, 0.15) is 34.0 Å². The summed E-state index contributed by atoms with van der Waals surface area (Å²) < 4.78 is 0. The van der Waals surface area contributed by atoms with E-state index in [1.807, 2.05) is 38.1 Å². The van der Waals surface area contributed by atoms with E-state index in [9.17, 15) is 4.79 Å². The molecule has 0 fully saturated rings. The maximum absolute atomic E-state index is 12.5. The molecule has 21 heavy (non-hydrogen) atoms. The fraction of sp³-hybridized carbons (Fsp3) is 0.333. The molecule has 2 rings (SSSR count). The molecule has 0 saturated heterocycles. The summed E-state index contributed by atoms with van der Waals surface area (Å²) >= 11 is 0. The van der Waals surface area contributed by atoms with Gasteiger partial charge in [0.25, 0.3) is 0 Å². The zero-order chi connectivity index (χ0) is 15.2. The molecule has 0 bridgehead atoms. The van der Waals surface area contributed by atoms with Crippen molar-refractivity contribution in [3.8, 4) is 0 Å². The van der Waals surface area contributed by atoms with Crippen LogP contribution < -0.4 is 0 Å². The average Bonchev–Trinajstić information content (AvgIpc) is 2.47. The second-order valence-corrected chi connectivity index (χ2v) is 5.40. The minimum Gasteiger partial charge on any atom is -0.293 e. The fourth-order valence-electron chi connectivity index (χ4n) is 2.44. The SMILES string of the molecule is CCN(CC(=O)c1ccc(C)cc1C)Cc1ccncc1. The van der Waals surface area contributed by atoms with Crippen LogP contribution in [-0.4, -0.2) is 28.8 Å². The molecule has 2 aromatic rings. The molecule has 0 aliphatic rings. The van der Waals surface area contributed by atoms with E-state index in [1.54, 1.807) is 12.4 Å². The number of pyridine rings is 1. The first-order valence-electron chi connectivity index (χ1n) is 7.32. The lowest BCUT2D eigenvalue weighted by Crippen LogP contribution is -2.29. The zero-order valence-electron chi connectivity index (χ0n) is 13.0. The number of ketones is 1. The highest BCUT2D eigenvalue weighted by Crippen LogP contribution is 2.13. The fourth-order valence-corrected chi connectivity index (χ4v) is 2.44. The molecule has 0 radical (unpaired) electrons. The van der Waals surface area contributed by atoms with Crippen LogP contribution in [0.4, 0.5) is 0 Å². The van der Waals surface area contributed by atoms with E-state index in [-0.39, 0.29) is 5.78 Å². The van der Waals surface area contributed by atoms with E-state index in [0.717, 1.165) is 24.2 Å². The Morgan fingerprint density at radius 3 is 2.48 bits per heavy atom. The largest absolute Gasteiger partial charge is 0.293 e. The zero-order valence-corrected chi connectivity index (χ0v) is 13.0. The van der Waals surface area contributed by atoms with E-state index in [4.69, 9.17) is 0 Å². The molecule has 1 aromatic heterocycles. The second kappa shape index (κ2) is 7.14. The van der Waals surface area contributed by atoms with Crippen LogP contribution in [0.5, 0.6) is 0 Å². The number of benzene rings is 1. The van der Waals surface area contributed by atoms with Gasteiger partial charge in [-0.15, -0.1) is 0 Å². The lowest BCUT2D eigenvalue weighted by Gasteiger charge is -2.20.